The van der Waals surface area contributed by atoms with Crippen molar-refractivity contribution >= 4 is 11.9 Å². The molecular weight excluding hydrogens is 328 g/mol. The van der Waals surface area contributed by atoms with Crippen LogP contribution in [0.1, 0.15) is 73.6 Å². The third kappa shape index (κ3) is 6.50. The third-order valence-corrected chi connectivity index (χ3v) is 5.55. The second-order valence-corrected chi connectivity index (χ2v) is 7.97. The van der Waals surface area contributed by atoms with Gasteiger partial charge in [-0.3, -0.25) is 4.79 Å². The van der Waals surface area contributed by atoms with Crippen LogP contribution in [0.15, 0.2) is 54.1 Å². The molecule has 0 atom stereocenters. The van der Waals surface area contributed by atoms with Gasteiger partial charge >= 0.3 is 0 Å². The van der Waals surface area contributed by atoms with Crippen LogP contribution in [0.5, 0.6) is 0 Å². The minimum atomic E-state index is 0.449. The number of fused-ring (bicyclic) bond motifs is 1. The maximum atomic E-state index is 12.1. The molecule has 0 fully saturated rings. The van der Waals surface area contributed by atoms with Crippen LogP contribution in [-0.4, -0.2) is 5.78 Å². The van der Waals surface area contributed by atoms with E-state index in [1.54, 1.807) is 0 Å². The fourth-order valence-corrected chi connectivity index (χ4v) is 3.97. The van der Waals surface area contributed by atoms with Crippen LogP contribution < -0.4 is 0 Å². The van der Waals surface area contributed by atoms with E-state index < -0.39 is 0 Å². The lowest BCUT2D eigenvalue weighted by molar-refractivity contribution is -0.119. The van der Waals surface area contributed by atoms with Crippen molar-refractivity contribution in [2.45, 2.75) is 71.1 Å². The molecule has 142 valence electrons. The van der Waals surface area contributed by atoms with Gasteiger partial charge in [0.05, 0.1) is 0 Å². The van der Waals surface area contributed by atoms with Crippen LogP contribution >= 0.6 is 0 Å². The summed E-state index contributed by atoms with van der Waals surface area (Å²) in [5.41, 5.74) is 7.06. The van der Waals surface area contributed by atoms with Gasteiger partial charge in [0.1, 0.15) is 5.78 Å². The van der Waals surface area contributed by atoms with Gasteiger partial charge in [0.15, 0.2) is 0 Å². The van der Waals surface area contributed by atoms with Gasteiger partial charge in [-0.05, 0) is 62.1 Å². The van der Waals surface area contributed by atoms with Crippen LogP contribution in [0.4, 0.5) is 0 Å². The molecule has 0 radical (unpaired) electrons. The molecule has 0 amide bonds. The topological polar surface area (TPSA) is 17.1 Å². The lowest BCUT2D eigenvalue weighted by atomic mass is 10.0. The standard InChI is InChI=1S/C26H32O/c1-21-16-17-24-19-23(20-25(24)18-21)13-9-15-26(27)14-8-3-2-5-10-22-11-6-4-7-12-22/h4,6-7,11-12,16-18,20H,2-3,5,8-10,13-15,19H2,1H3. The Bertz CT molecular complexity index is 770. The molecule has 0 saturated carbocycles. The predicted octanol–water partition coefficient (Wildman–Crippen LogP) is 6.87. The Kier molecular flexibility index (Phi) is 7.45. The molecule has 27 heavy (non-hydrogen) atoms. The minimum absolute atomic E-state index is 0.449. The number of hydrogen-bond acceptors (Lipinski definition) is 1. The first kappa shape index (κ1) is 19.6. The summed E-state index contributed by atoms with van der Waals surface area (Å²) in [6.07, 6.45) is 12.8. The van der Waals surface area contributed by atoms with Crippen LogP contribution in [0.2, 0.25) is 0 Å². The van der Waals surface area contributed by atoms with E-state index in [1.165, 1.54) is 47.1 Å². The zero-order chi connectivity index (χ0) is 18.9. The Labute approximate surface area is 164 Å². The summed E-state index contributed by atoms with van der Waals surface area (Å²) in [5.74, 6) is 0.449. The van der Waals surface area contributed by atoms with E-state index in [0.717, 1.165) is 44.9 Å². The number of benzene rings is 2. The number of carbonyl (C=O) groups is 1. The second-order valence-electron chi connectivity index (χ2n) is 7.97. The Morgan fingerprint density at radius 2 is 1.63 bits per heavy atom. The number of rotatable bonds is 11. The summed E-state index contributed by atoms with van der Waals surface area (Å²) in [7, 11) is 0. The van der Waals surface area contributed by atoms with E-state index in [1.807, 2.05) is 0 Å². The molecular formula is C26H32O. The van der Waals surface area contributed by atoms with Gasteiger partial charge in [-0.2, -0.15) is 0 Å². The molecule has 1 heteroatoms. The zero-order valence-electron chi connectivity index (χ0n) is 16.7. The molecule has 0 aromatic heterocycles. The SMILES string of the molecule is Cc1ccc2c(c1)C=C(CCCC(=O)CCCCCCc1ccccc1)C2. The molecule has 2 aromatic rings. The normalized spacial score (nSPS) is 12.7. The fourth-order valence-electron chi connectivity index (χ4n) is 3.97. The van der Waals surface area contributed by atoms with E-state index in [9.17, 15) is 4.79 Å². The van der Waals surface area contributed by atoms with Crippen molar-refractivity contribution < 1.29 is 4.79 Å². The summed E-state index contributed by atoms with van der Waals surface area (Å²) in [5, 5.41) is 0. The maximum Gasteiger partial charge on any atom is 0.132 e. The summed E-state index contributed by atoms with van der Waals surface area (Å²) in [6, 6.07) is 17.4. The fraction of sp³-hybridized carbons (Fsp3) is 0.423. The van der Waals surface area contributed by atoms with Gasteiger partial charge in [0.2, 0.25) is 0 Å². The van der Waals surface area contributed by atoms with E-state index in [4.69, 9.17) is 0 Å². The molecule has 0 heterocycles. The van der Waals surface area contributed by atoms with Gasteiger partial charge in [0, 0.05) is 12.8 Å². The summed E-state index contributed by atoms with van der Waals surface area (Å²) < 4.78 is 0. The molecule has 0 spiro atoms. The van der Waals surface area contributed by atoms with Gasteiger partial charge < -0.3 is 0 Å². The van der Waals surface area contributed by atoms with Crippen molar-refractivity contribution in [3.8, 4) is 0 Å². The van der Waals surface area contributed by atoms with Crippen LogP contribution in [-0.2, 0) is 17.6 Å². The Morgan fingerprint density at radius 3 is 2.48 bits per heavy atom. The predicted molar refractivity (Wildman–Crippen MR) is 115 cm³/mol. The van der Waals surface area contributed by atoms with E-state index in [0.29, 0.717) is 5.78 Å². The van der Waals surface area contributed by atoms with E-state index in [-0.39, 0.29) is 0 Å². The molecule has 1 aliphatic rings. The smallest absolute Gasteiger partial charge is 0.132 e. The van der Waals surface area contributed by atoms with Crippen molar-refractivity contribution in [3.05, 3.63) is 76.4 Å². The Morgan fingerprint density at radius 1 is 0.852 bits per heavy atom. The largest absolute Gasteiger partial charge is 0.300 e. The van der Waals surface area contributed by atoms with Crippen LogP contribution in [0.25, 0.3) is 6.08 Å². The lowest BCUT2D eigenvalue weighted by Crippen LogP contribution is -1.98. The van der Waals surface area contributed by atoms with Gasteiger partial charge in [-0.25, -0.2) is 0 Å². The van der Waals surface area contributed by atoms with Crippen LogP contribution in [0.3, 0.4) is 0 Å². The monoisotopic (exact) mass is 360 g/mol. The summed E-state index contributed by atoms with van der Waals surface area (Å²) in [6.45, 7) is 2.15. The first-order chi connectivity index (χ1) is 13.2. The summed E-state index contributed by atoms with van der Waals surface area (Å²) >= 11 is 0. The molecule has 0 aliphatic heterocycles. The summed E-state index contributed by atoms with van der Waals surface area (Å²) in [4.78, 5) is 12.1. The first-order valence-electron chi connectivity index (χ1n) is 10.6. The van der Waals surface area contributed by atoms with Crippen LogP contribution in [0, 0.1) is 6.92 Å². The van der Waals surface area contributed by atoms with Crippen molar-refractivity contribution in [2.75, 3.05) is 0 Å². The van der Waals surface area contributed by atoms with Crippen molar-refractivity contribution in [1.29, 1.82) is 0 Å². The van der Waals surface area contributed by atoms with Crippen molar-refractivity contribution in [1.82, 2.24) is 0 Å². The number of ketones is 1. The average Bonchev–Trinajstić information content (AvgIpc) is 3.07. The second kappa shape index (κ2) is 10.3. The first-order valence-corrected chi connectivity index (χ1v) is 10.6. The molecule has 3 rings (SSSR count). The third-order valence-electron chi connectivity index (χ3n) is 5.55. The van der Waals surface area contributed by atoms with E-state index >= 15 is 0 Å². The molecule has 1 aliphatic carbocycles. The number of allylic oxidation sites excluding steroid dienone is 1. The minimum Gasteiger partial charge on any atom is -0.300 e. The van der Waals surface area contributed by atoms with Gasteiger partial charge in [-0.15, -0.1) is 0 Å². The molecule has 0 saturated heterocycles. The number of hydrogen-bond donors (Lipinski definition) is 0. The quantitative estimate of drug-likeness (QED) is 0.400. The number of unbranched alkanes of at least 4 members (excludes halogenated alkanes) is 3. The van der Waals surface area contributed by atoms with E-state index in [2.05, 4.69) is 61.5 Å². The highest BCUT2D eigenvalue weighted by Crippen LogP contribution is 2.28. The Hall–Kier alpha value is -2.15. The molecule has 2 aromatic carbocycles. The van der Waals surface area contributed by atoms with Gasteiger partial charge in [0.25, 0.3) is 0 Å². The van der Waals surface area contributed by atoms with Gasteiger partial charge in [-0.1, -0.05) is 78.6 Å². The molecule has 0 unspecified atom stereocenters. The number of Topliss-reactive ketones (excluding diaryl/α,β-unsaturated/α-hetero) is 1. The maximum absolute atomic E-state index is 12.1. The Balaban J connectivity index is 1.23. The number of aryl methyl sites for hydroxylation is 2. The highest BCUT2D eigenvalue weighted by molar-refractivity contribution is 5.78. The highest BCUT2D eigenvalue weighted by Gasteiger charge is 2.12. The zero-order valence-corrected chi connectivity index (χ0v) is 16.7. The number of carbonyl (C=O) groups excluding carboxylic acids is 1. The highest BCUT2D eigenvalue weighted by atomic mass is 16.1. The molecule has 1 nitrogen and oxygen atoms in total. The molecule has 0 bridgehead atoms. The molecule has 0 N–H and O–H groups in total. The average molecular weight is 361 g/mol. The lowest BCUT2D eigenvalue weighted by Gasteiger charge is -2.04. The van der Waals surface area contributed by atoms with Crippen molar-refractivity contribution in [2.24, 2.45) is 0 Å². The van der Waals surface area contributed by atoms with Crippen molar-refractivity contribution in [3.63, 3.8) is 0 Å².